The summed E-state index contributed by atoms with van der Waals surface area (Å²) in [5, 5.41) is 3.16. The van der Waals surface area contributed by atoms with Gasteiger partial charge >= 0.3 is 6.09 Å². The summed E-state index contributed by atoms with van der Waals surface area (Å²) in [6.07, 6.45) is 2.15. The molecule has 29 heavy (non-hydrogen) atoms. The Morgan fingerprint density at radius 3 is 2.55 bits per heavy atom. The minimum absolute atomic E-state index is 0. The number of halogens is 1. The van der Waals surface area contributed by atoms with E-state index in [1.165, 1.54) is 11.1 Å². The molecule has 3 rings (SSSR count). The third-order valence-electron chi connectivity index (χ3n) is 5.24. The van der Waals surface area contributed by atoms with Gasteiger partial charge in [-0.15, -0.1) is 24.0 Å². The van der Waals surface area contributed by atoms with Crippen LogP contribution in [0.3, 0.4) is 0 Å². The van der Waals surface area contributed by atoms with Crippen LogP contribution in [0.1, 0.15) is 30.9 Å². The number of nitrogens with one attached hydrogen (secondary N) is 1. The smallest absolute Gasteiger partial charge is 0.409 e. The minimum Gasteiger partial charge on any atom is -0.450 e. The van der Waals surface area contributed by atoms with Crippen LogP contribution in [0, 0.1) is 0 Å². The van der Waals surface area contributed by atoms with Crippen molar-refractivity contribution in [1.82, 2.24) is 15.1 Å². The summed E-state index contributed by atoms with van der Waals surface area (Å²) in [6, 6.07) is 8.36. The lowest BCUT2D eigenvalue weighted by atomic mass is 10.00. The van der Waals surface area contributed by atoms with Gasteiger partial charge in [-0.25, -0.2) is 9.79 Å². The number of hydrogen-bond acceptors (Lipinski definition) is 4. The molecular weight excluding hydrogens is 485 g/mol. The van der Waals surface area contributed by atoms with Crippen molar-refractivity contribution in [2.24, 2.45) is 10.7 Å². The molecule has 1 fully saturated rings. The lowest BCUT2D eigenvalue weighted by molar-refractivity contribution is -0.130. The molecule has 0 aliphatic carbocycles. The van der Waals surface area contributed by atoms with Crippen molar-refractivity contribution in [2.75, 3.05) is 32.8 Å². The summed E-state index contributed by atoms with van der Waals surface area (Å²) in [7, 11) is 0. The van der Waals surface area contributed by atoms with E-state index in [1.807, 2.05) is 17.0 Å². The SMILES string of the molecule is CCOC(=O)N1CCC(NC(N)=NCC(=O)N2CCc3ccccc3C2)CC1.I. The van der Waals surface area contributed by atoms with Gasteiger partial charge in [0.05, 0.1) is 6.61 Å². The van der Waals surface area contributed by atoms with Crippen LogP contribution in [0.25, 0.3) is 0 Å². The van der Waals surface area contributed by atoms with Crippen LogP contribution in [-0.4, -0.2) is 66.6 Å². The van der Waals surface area contributed by atoms with Gasteiger partial charge < -0.3 is 25.6 Å². The van der Waals surface area contributed by atoms with Gasteiger partial charge in [-0.05, 0) is 37.3 Å². The molecular formula is C20H30IN5O3. The van der Waals surface area contributed by atoms with Crippen LogP contribution in [0.15, 0.2) is 29.3 Å². The first-order valence-corrected chi connectivity index (χ1v) is 9.89. The Balaban J connectivity index is 0.00000300. The van der Waals surface area contributed by atoms with Gasteiger partial charge in [0, 0.05) is 32.2 Å². The number of hydrogen-bond donors (Lipinski definition) is 2. The van der Waals surface area contributed by atoms with E-state index in [0.29, 0.717) is 32.8 Å². The van der Waals surface area contributed by atoms with E-state index in [-0.39, 0.29) is 54.5 Å². The van der Waals surface area contributed by atoms with Crippen LogP contribution in [-0.2, 0) is 22.5 Å². The topological polar surface area (TPSA) is 100 Å². The second-order valence-electron chi connectivity index (χ2n) is 7.14. The molecule has 0 unspecified atom stereocenters. The zero-order valence-corrected chi connectivity index (χ0v) is 19.1. The zero-order valence-electron chi connectivity index (χ0n) is 16.8. The molecule has 0 saturated carbocycles. The molecule has 2 aliphatic heterocycles. The molecule has 2 heterocycles. The molecule has 3 N–H and O–H groups in total. The quantitative estimate of drug-likeness (QED) is 0.362. The number of carbonyl (C=O) groups excluding carboxylic acids is 2. The fourth-order valence-electron chi connectivity index (χ4n) is 3.64. The van der Waals surface area contributed by atoms with Gasteiger partial charge in [0.25, 0.3) is 0 Å². The second kappa shape index (κ2) is 11.2. The fourth-order valence-corrected chi connectivity index (χ4v) is 3.64. The number of nitrogens with zero attached hydrogens (tertiary/aromatic N) is 3. The zero-order chi connectivity index (χ0) is 19.9. The molecule has 2 amide bonds. The number of guanidine groups is 1. The molecule has 1 saturated heterocycles. The molecule has 0 aromatic heterocycles. The van der Waals surface area contributed by atoms with E-state index in [1.54, 1.807) is 11.8 Å². The Morgan fingerprint density at radius 1 is 1.17 bits per heavy atom. The molecule has 8 nitrogen and oxygen atoms in total. The number of amides is 2. The maximum atomic E-state index is 12.5. The standard InChI is InChI=1S/C20H29N5O3.HI/c1-2-28-20(27)24-11-8-17(9-12-24)23-19(21)22-13-18(26)25-10-7-15-5-3-4-6-16(15)14-25;/h3-6,17H,2,7-14H2,1H3,(H3,21,22,23);1H. The number of rotatable bonds is 4. The van der Waals surface area contributed by atoms with Gasteiger partial charge in [0.15, 0.2) is 5.96 Å². The third-order valence-corrected chi connectivity index (χ3v) is 5.24. The van der Waals surface area contributed by atoms with Crippen molar-refractivity contribution in [2.45, 2.75) is 38.8 Å². The normalized spacial score (nSPS) is 17.2. The highest BCUT2D eigenvalue weighted by Gasteiger charge is 2.24. The molecule has 0 atom stereocenters. The highest BCUT2D eigenvalue weighted by atomic mass is 127. The average Bonchev–Trinajstić information content (AvgIpc) is 2.72. The highest BCUT2D eigenvalue weighted by Crippen LogP contribution is 2.18. The molecule has 2 aliphatic rings. The van der Waals surface area contributed by atoms with E-state index in [9.17, 15) is 9.59 Å². The highest BCUT2D eigenvalue weighted by molar-refractivity contribution is 14.0. The van der Waals surface area contributed by atoms with Crippen LogP contribution < -0.4 is 11.1 Å². The fraction of sp³-hybridized carbons (Fsp3) is 0.550. The average molecular weight is 515 g/mol. The van der Waals surface area contributed by atoms with E-state index >= 15 is 0 Å². The molecule has 0 radical (unpaired) electrons. The Kier molecular flexibility index (Phi) is 8.99. The summed E-state index contributed by atoms with van der Waals surface area (Å²) >= 11 is 0. The molecule has 160 valence electrons. The lowest BCUT2D eigenvalue weighted by Crippen LogP contribution is -2.48. The lowest BCUT2D eigenvalue weighted by Gasteiger charge is -2.31. The Hall–Kier alpha value is -2.04. The monoisotopic (exact) mass is 515 g/mol. The molecule has 0 bridgehead atoms. The number of carbonyl (C=O) groups is 2. The number of fused-ring (bicyclic) bond motifs is 1. The number of nitrogens with two attached hydrogens (primary N) is 1. The maximum absolute atomic E-state index is 12.5. The second-order valence-corrected chi connectivity index (χ2v) is 7.14. The maximum Gasteiger partial charge on any atom is 0.409 e. The van der Waals surface area contributed by atoms with Gasteiger partial charge in [0.1, 0.15) is 6.54 Å². The number of ether oxygens (including phenoxy) is 1. The Bertz CT molecular complexity index is 735. The third kappa shape index (κ3) is 6.48. The molecule has 1 aromatic rings. The van der Waals surface area contributed by atoms with E-state index < -0.39 is 0 Å². The summed E-state index contributed by atoms with van der Waals surface area (Å²) in [5.74, 6) is 0.261. The van der Waals surface area contributed by atoms with Gasteiger partial charge in [-0.3, -0.25) is 4.79 Å². The predicted octanol–water partition coefficient (Wildman–Crippen LogP) is 1.71. The summed E-state index contributed by atoms with van der Waals surface area (Å²) in [6.45, 7) is 4.81. The summed E-state index contributed by atoms with van der Waals surface area (Å²) in [5.41, 5.74) is 8.47. The van der Waals surface area contributed by atoms with Gasteiger partial charge in [0.2, 0.25) is 5.91 Å². The Labute approximate surface area is 188 Å². The number of aliphatic imine (C=N–C) groups is 1. The van der Waals surface area contributed by atoms with Gasteiger partial charge in [-0.2, -0.15) is 0 Å². The van der Waals surface area contributed by atoms with Gasteiger partial charge in [-0.1, -0.05) is 24.3 Å². The number of benzene rings is 1. The molecule has 0 spiro atoms. The van der Waals surface area contributed by atoms with Crippen molar-refractivity contribution in [3.8, 4) is 0 Å². The summed E-state index contributed by atoms with van der Waals surface area (Å²) in [4.78, 5) is 31.9. The first-order valence-electron chi connectivity index (χ1n) is 9.89. The number of likely N-dealkylation sites (tertiary alicyclic amines) is 1. The summed E-state index contributed by atoms with van der Waals surface area (Å²) < 4.78 is 5.02. The first kappa shape index (κ1) is 23.2. The first-order chi connectivity index (χ1) is 13.6. The van der Waals surface area contributed by atoms with Crippen LogP contribution in [0.4, 0.5) is 4.79 Å². The van der Waals surface area contributed by atoms with E-state index in [0.717, 1.165) is 19.3 Å². The van der Waals surface area contributed by atoms with Crippen LogP contribution in [0.5, 0.6) is 0 Å². The predicted molar refractivity (Wildman–Crippen MR) is 122 cm³/mol. The minimum atomic E-state index is -0.267. The van der Waals surface area contributed by atoms with E-state index in [4.69, 9.17) is 10.5 Å². The van der Waals surface area contributed by atoms with Crippen molar-refractivity contribution in [3.63, 3.8) is 0 Å². The largest absolute Gasteiger partial charge is 0.450 e. The number of piperidine rings is 1. The van der Waals surface area contributed by atoms with Crippen LogP contribution >= 0.6 is 24.0 Å². The van der Waals surface area contributed by atoms with Crippen LogP contribution in [0.2, 0.25) is 0 Å². The van der Waals surface area contributed by atoms with Crippen molar-refractivity contribution in [3.05, 3.63) is 35.4 Å². The van der Waals surface area contributed by atoms with E-state index in [2.05, 4.69) is 22.4 Å². The van der Waals surface area contributed by atoms with Crippen molar-refractivity contribution < 1.29 is 14.3 Å². The Morgan fingerprint density at radius 2 is 1.86 bits per heavy atom. The van der Waals surface area contributed by atoms with Crippen molar-refractivity contribution in [1.29, 1.82) is 0 Å². The molecule has 1 aromatic carbocycles. The molecule has 9 heteroatoms. The van der Waals surface area contributed by atoms with Crippen molar-refractivity contribution >= 4 is 41.9 Å².